The van der Waals surface area contributed by atoms with Crippen LogP contribution >= 0.6 is 0 Å². The van der Waals surface area contributed by atoms with Crippen LogP contribution in [0.3, 0.4) is 0 Å². The van der Waals surface area contributed by atoms with E-state index in [4.69, 9.17) is 0 Å². The summed E-state index contributed by atoms with van der Waals surface area (Å²) < 4.78 is 0. The van der Waals surface area contributed by atoms with Crippen LogP contribution in [0, 0.1) is 5.92 Å². The second kappa shape index (κ2) is 6.76. The maximum Gasteiger partial charge on any atom is 0.128 e. The molecule has 2 aromatic carbocycles. The van der Waals surface area contributed by atoms with Gasteiger partial charge in [-0.25, -0.2) is 0 Å². The van der Waals surface area contributed by atoms with Crippen molar-refractivity contribution < 1.29 is 5.11 Å². The lowest BCUT2D eigenvalue weighted by Gasteiger charge is -2.20. The number of fused-ring (bicyclic) bond motifs is 1. The second-order valence-corrected chi connectivity index (χ2v) is 5.54. The molecule has 0 aromatic heterocycles. The molecular weight excluding hydrogens is 246 g/mol. The van der Waals surface area contributed by atoms with Gasteiger partial charge in [0.25, 0.3) is 0 Å². The van der Waals surface area contributed by atoms with Crippen molar-refractivity contribution in [3.8, 4) is 5.75 Å². The Balaban J connectivity index is 2.18. The van der Waals surface area contributed by atoms with Crippen LogP contribution < -0.4 is 5.32 Å². The van der Waals surface area contributed by atoms with Crippen molar-refractivity contribution in [3.05, 3.63) is 42.0 Å². The smallest absolute Gasteiger partial charge is 0.128 e. The number of aromatic hydroxyl groups is 1. The fourth-order valence-corrected chi connectivity index (χ4v) is 2.65. The fourth-order valence-electron chi connectivity index (χ4n) is 2.65. The molecule has 0 fully saturated rings. The predicted molar refractivity (Wildman–Crippen MR) is 86.1 cm³/mol. The Morgan fingerprint density at radius 3 is 2.45 bits per heavy atom. The minimum absolute atomic E-state index is 0.167. The quantitative estimate of drug-likeness (QED) is 0.802. The van der Waals surface area contributed by atoms with E-state index < -0.39 is 0 Å². The normalized spacial score (nSPS) is 13.0. The Morgan fingerprint density at radius 1 is 1.05 bits per heavy atom. The van der Waals surface area contributed by atoms with Crippen LogP contribution in [-0.2, 0) is 0 Å². The van der Waals surface area contributed by atoms with Gasteiger partial charge in [0.2, 0.25) is 0 Å². The lowest BCUT2D eigenvalue weighted by Crippen LogP contribution is -2.25. The van der Waals surface area contributed by atoms with Crippen molar-refractivity contribution in [1.82, 2.24) is 5.32 Å². The summed E-state index contributed by atoms with van der Waals surface area (Å²) in [5.74, 6) is 1.12. The molecular formula is C18H25NO. The van der Waals surface area contributed by atoms with Gasteiger partial charge >= 0.3 is 0 Å². The van der Waals surface area contributed by atoms with Crippen LogP contribution in [0.25, 0.3) is 10.8 Å². The van der Waals surface area contributed by atoms with E-state index in [1.54, 1.807) is 0 Å². The van der Waals surface area contributed by atoms with Gasteiger partial charge in [-0.05, 0) is 24.8 Å². The van der Waals surface area contributed by atoms with E-state index in [0.717, 1.165) is 22.9 Å². The van der Waals surface area contributed by atoms with Crippen molar-refractivity contribution in [1.29, 1.82) is 0 Å². The van der Waals surface area contributed by atoms with Crippen LogP contribution in [0.1, 0.15) is 45.2 Å². The van der Waals surface area contributed by atoms with Crippen LogP contribution in [0.4, 0.5) is 0 Å². The van der Waals surface area contributed by atoms with Gasteiger partial charge in [0.05, 0.1) is 0 Å². The Morgan fingerprint density at radius 2 is 1.75 bits per heavy atom. The molecule has 0 aliphatic carbocycles. The first kappa shape index (κ1) is 14.9. The van der Waals surface area contributed by atoms with Crippen molar-refractivity contribution in [2.24, 2.45) is 5.92 Å². The third-order valence-electron chi connectivity index (χ3n) is 4.27. The Bertz CT molecular complexity index is 560. The van der Waals surface area contributed by atoms with Crippen molar-refractivity contribution in [2.75, 3.05) is 6.54 Å². The molecule has 0 amide bonds. The SMILES string of the molecule is CCC(CC)CNC(C)c1ccc2ccccc2c1O. The molecule has 2 rings (SSSR count). The summed E-state index contributed by atoms with van der Waals surface area (Å²) in [5.41, 5.74) is 0.981. The number of hydrogen-bond donors (Lipinski definition) is 2. The predicted octanol–water partition coefficient (Wildman–Crippen LogP) is 4.63. The molecule has 0 spiro atoms. The van der Waals surface area contributed by atoms with Gasteiger partial charge in [-0.15, -0.1) is 0 Å². The summed E-state index contributed by atoms with van der Waals surface area (Å²) in [7, 11) is 0. The van der Waals surface area contributed by atoms with Gasteiger partial charge in [-0.3, -0.25) is 0 Å². The molecule has 2 nitrogen and oxygen atoms in total. The van der Waals surface area contributed by atoms with Crippen LogP contribution in [0.5, 0.6) is 5.75 Å². The average molecular weight is 271 g/mol. The molecule has 2 N–H and O–H groups in total. The van der Waals surface area contributed by atoms with Gasteiger partial charge in [-0.1, -0.05) is 63.1 Å². The molecule has 108 valence electrons. The number of rotatable bonds is 6. The Hall–Kier alpha value is -1.54. The maximum absolute atomic E-state index is 10.5. The van der Waals surface area contributed by atoms with Crippen molar-refractivity contribution in [2.45, 2.75) is 39.7 Å². The van der Waals surface area contributed by atoms with Crippen LogP contribution in [-0.4, -0.2) is 11.7 Å². The van der Waals surface area contributed by atoms with Gasteiger partial charge in [0, 0.05) is 17.0 Å². The van der Waals surface area contributed by atoms with E-state index in [1.165, 1.54) is 12.8 Å². The number of phenolic OH excluding ortho intramolecular Hbond substituents is 1. The minimum atomic E-state index is 0.167. The Labute approximate surface area is 121 Å². The van der Waals surface area contributed by atoms with E-state index >= 15 is 0 Å². The molecule has 0 radical (unpaired) electrons. The van der Waals surface area contributed by atoms with E-state index in [2.05, 4.69) is 32.2 Å². The third kappa shape index (κ3) is 3.13. The highest BCUT2D eigenvalue weighted by Gasteiger charge is 2.13. The van der Waals surface area contributed by atoms with E-state index in [0.29, 0.717) is 11.7 Å². The molecule has 0 saturated heterocycles. The summed E-state index contributed by atoms with van der Waals surface area (Å²) in [6, 6.07) is 12.2. The standard InChI is InChI=1S/C18H25NO/c1-4-14(5-2)12-19-13(3)16-11-10-15-8-6-7-9-17(15)18(16)20/h6-11,13-14,19-20H,4-5,12H2,1-3H3. The number of hydrogen-bond acceptors (Lipinski definition) is 2. The topological polar surface area (TPSA) is 32.3 Å². The molecule has 1 atom stereocenters. The monoisotopic (exact) mass is 271 g/mol. The van der Waals surface area contributed by atoms with Gasteiger partial charge in [0.1, 0.15) is 5.75 Å². The highest BCUT2D eigenvalue weighted by Crippen LogP contribution is 2.32. The first-order valence-corrected chi connectivity index (χ1v) is 7.61. The first-order chi connectivity index (χ1) is 9.67. The summed E-state index contributed by atoms with van der Waals surface area (Å²) in [5, 5.41) is 16.0. The zero-order valence-corrected chi connectivity index (χ0v) is 12.7. The molecule has 0 saturated carbocycles. The summed E-state index contributed by atoms with van der Waals surface area (Å²) in [4.78, 5) is 0. The number of benzene rings is 2. The molecule has 1 unspecified atom stereocenters. The summed E-state index contributed by atoms with van der Waals surface area (Å²) in [6.45, 7) is 7.58. The number of phenols is 1. The van der Waals surface area contributed by atoms with Crippen molar-refractivity contribution >= 4 is 10.8 Å². The van der Waals surface area contributed by atoms with Crippen molar-refractivity contribution in [3.63, 3.8) is 0 Å². The van der Waals surface area contributed by atoms with Crippen LogP contribution in [0.2, 0.25) is 0 Å². The van der Waals surface area contributed by atoms with Gasteiger partial charge in [-0.2, -0.15) is 0 Å². The zero-order valence-electron chi connectivity index (χ0n) is 12.7. The van der Waals surface area contributed by atoms with Gasteiger partial charge in [0.15, 0.2) is 0 Å². The molecule has 0 heterocycles. The lowest BCUT2D eigenvalue weighted by molar-refractivity contribution is 0.411. The minimum Gasteiger partial charge on any atom is -0.507 e. The molecule has 2 heteroatoms. The molecule has 2 aromatic rings. The summed E-state index contributed by atoms with van der Waals surface area (Å²) >= 11 is 0. The van der Waals surface area contributed by atoms with E-state index in [9.17, 15) is 5.11 Å². The third-order valence-corrected chi connectivity index (χ3v) is 4.27. The molecule has 0 aliphatic heterocycles. The first-order valence-electron chi connectivity index (χ1n) is 7.61. The zero-order chi connectivity index (χ0) is 14.5. The lowest BCUT2D eigenvalue weighted by atomic mass is 9.99. The number of nitrogens with one attached hydrogen (secondary N) is 1. The fraction of sp³-hybridized carbons (Fsp3) is 0.444. The highest BCUT2D eigenvalue weighted by molar-refractivity contribution is 5.89. The Kier molecular flexibility index (Phi) is 5.02. The molecule has 20 heavy (non-hydrogen) atoms. The largest absolute Gasteiger partial charge is 0.507 e. The molecule has 0 aliphatic rings. The van der Waals surface area contributed by atoms with E-state index in [-0.39, 0.29) is 6.04 Å². The van der Waals surface area contributed by atoms with Crippen LogP contribution in [0.15, 0.2) is 36.4 Å². The highest BCUT2D eigenvalue weighted by atomic mass is 16.3. The maximum atomic E-state index is 10.5. The van der Waals surface area contributed by atoms with E-state index in [1.807, 2.05) is 30.3 Å². The summed E-state index contributed by atoms with van der Waals surface area (Å²) in [6.07, 6.45) is 2.39. The average Bonchev–Trinajstić information content (AvgIpc) is 2.48. The second-order valence-electron chi connectivity index (χ2n) is 5.54. The van der Waals surface area contributed by atoms with Gasteiger partial charge < -0.3 is 10.4 Å². The molecule has 0 bridgehead atoms.